The van der Waals surface area contributed by atoms with Gasteiger partial charge in [-0.1, -0.05) is 13.8 Å². The summed E-state index contributed by atoms with van der Waals surface area (Å²) in [6, 6.07) is 0. The van der Waals surface area contributed by atoms with E-state index in [2.05, 4.69) is 0 Å². The maximum atomic E-state index is 12.8. The normalized spacial score (nSPS) is 52.9. The van der Waals surface area contributed by atoms with Crippen LogP contribution >= 0.6 is 0 Å². The second kappa shape index (κ2) is 6.00. The molecular formula is C19H26F6O2. The Hall–Kier alpha value is -0.500. The van der Waals surface area contributed by atoms with Gasteiger partial charge in [0.25, 0.3) is 5.60 Å². The Bertz CT molecular complexity index is 663. The number of fused-ring (bicyclic) bond motifs is 9. The highest BCUT2D eigenvalue weighted by molar-refractivity contribution is 5.13. The van der Waals surface area contributed by atoms with Gasteiger partial charge in [-0.25, -0.2) is 0 Å². The van der Waals surface area contributed by atoms with Crippen molar-refractivity contribution >= 4 is 0 Å². The summed E-state index contributed by atoms with van der Waals surface area (Å²) in [4.78, 5) is 0. The number of ether oxygens (including phenoxy) is 1. The number of alkyl halides is 6. The van der Waals surface area contributed by atoms with Crippen LogP contribution < -0.4 is 0 Å². The second-order valence-electron chi connectivity index (χ2n) is 9.00. The number of halogens is 6. The first-order chi connectivity index (χ1) is 13.0. The predicted octanol–water partition coefficient (Wildman–Crippen LogP) is 4.67. The Morgan fingerprint density at radius 2 is 1.44 bits per heavy atom. The highest BCUT2D eigenvalue weighted by atomic mass is 19.4. The molecule has 0 saturated heterocycles. The van der Waals surface area contributed by atoms with Gasteiger partial charge in [-0.15, -0.1) is 0 Å². The third-order valence-corrected chi connectivity index (χ3v) is 8.02. The molecule has 4 bridgehead atoms. The molecule has 0 aliphatic heterocycles. The van der Waals surface area contributed by atoms with Crippen molar-refractivity contribution in [3.05, 3.63) is 0 Å². The molecule has 9 atom stereocenters. The average molecular weight is 402 g/mol. The van der Waals surface area contributed by atoms with Crippen LogP contribution in [0.2, 0.25) is 0 Å². The predicted molar refractivity (Wildman–Crippen MR) is 84.5 cm³/mol. The number of rotatable bonds is 4. The molecule has 0 aromatic heterocycles. The summed E-state index contributed by atoms with van der Waals surface area (Å²) in [5.41, 5.74) is -4.88. The summed E-state index contributed by atoms with van der Waals surface area (Å²) in [6.07, 6.45) is -9.44. The van der Waals surface area contributed by atoms with Crippen molar-refractivity contribution in [1.82, 2.24) is 0 Å². The van der Waals surface area contributed by atoms with E-state index in [1.807, 2.05) is 6.92 Å². The molecule has 0 aromatic rings. The van der Waals surface area contributed by atoms with Crippen LogP contribution in [-0.2, 0) is 4.74 Å². The maximum absolute atomic E-state index is 12.8. The quantitative estimate of drug-likeness (QED) is 0.547. The van der Waals surface area contributed by atoms with Crippen molar-refractivity contribution in [2.24, 2.45) is 53.2 Å². The summed E-state index contributed by atoms with van der Waals surface area (Å²) >= 11 is 0. The molecule has 4 fully saturated rings. The maximum Gasteiger partial charge on any atom is 0.428 e. The molecule has 0 aromatic carbocycles. The van der Waals surface area contributed by atoms with Gasteiger partial charge in [-0.05, 0) is 72.5 Å². The lowest BCUT2D eigenvalue weighted by Crippen LogP contribution is -2.60. The smallest absolute Gasteiger partial charge is 0.377 e. The van der Waals surface area contributed by atoms with Crippen molar-refractivity contribution in [3.8, 4) is 0 Å². The molecule has 4 rings (SSSR count). The first-order valence-corrected chi connectivity index (χ1v) is 9.47. The summed E-state index contributed by atoms with van der Waals surface area (Å²) in [7, 11) is 0. The summed E-state index contributed by atoms with van der Waals surface area (Å²) in [5, 5.41) is 9.23. The Labute approximate surface area is 157 Å². The van der Waals surface area contributed by atoms with Gasteiger partial charge in [0, 0.05) is 9.35 Å². The number of hydrogen-bond donors (Lipinski definition) is 1. The lowest BCUT2D eigenvalue weighted by Gasteiger charge is -2.43. The fourth-order valence-electron chi connectivity index (χ4n) is 6.73. The molecule has 4 aliphatic carbocycles. The van der Waals surface area contributed by atoms with Crippen LogP contribution in [0.4, 0.5) is 26.3 Å². The standard InChI is InChI=1S/C19H26F6O2/c1-8-9(2)13-5-12(8)15-10-3-11(14(4-10)16(13)15)6-27-7-17(26,18(20,21)22)19(23,24)25/h8-16,26H,3-7H2,1-2H3/i8D,9D. The van der Waals surface area contributed by atoms with Crippen molar-refractivity contribution in [3.63, 3.8) is 0 Å². The van der Waals surface area contributed by atoms with Crippen molar-refractivity contribution in [2.75, 3.05) is 13.2 Å². The van der Waals surface area contributed by atoms with E-state index in [9.17, 15) is 31.4 Å². The van der Waals surface area contributed by atoms with Crippen LogP contribution in [0, 0.1) is 53.2 Å². The van der Waals surface area contributed by atoms with Crippen LogP contribution in [0.25, 0.3) is 0 Å². The molecule has 156 valence electrons. The second-order valence-corrected chi connectivity index (χ2v) is 9.00. The molecule has 27 heavy (non-hydrogen) atoms. The van der Waals surface area contributed by atoms with Crippen LogP contribution in [0.15, 0.2) is 0 Å². The Morgan fingerprint density at radius 1 is 0.889 bits per heavy atom. The van der Waals surface area contributed by atoms with Gasteiger partial charge in [-0.2, -0.15) is 26.3 Å². The Balaban J connectivity index is 1.43. The fraction of sp³-hybridized carbons (Fsp3) is 1.00. The van der Waals surface area contributed by atoms with E-state index >= 15 is 0 Å². The molecule has 1 N–H and O–H groups in total. The third-order valence-electron chi connectivity index (χ3n) is 8.02. The van der Waals surface area contributed by atoms with Crippen molar-refractivity contribution < 1.29 is 38.9 Å². The van der Waals surface area contributed by atoms with Crippen molar-refractivity contribution in [1.29, 1.82) is 0 Å². The molecule has 0 spiro atoms. The van der Waals surface area contributed by atoms with E-state index in [0.29, 0.717) is 18.3 Å². The lowest BCUT2D eigenvalue weighted by molar-refractivity contribution is -0.378. The summed E-state index contributed by atoms with van der Waals surface area (Å²) in [5.74, 6) is -0.866. The summed E-state index contributed by atoms with van der Waals surface area (Å²) < 4.78 is 99.1. The highest BCUT2D eigenvalue weighted by Crippen LogP contribution is 2.71. The molecule has 0 heterocycles. The third kappa shape index (κ3) is 2.68. The molecule has 8 heteroatoms. The minimum atomic E-state index is -5.87. The zero-order valence-corrected chi connectivity index (χ0v) is 15.2. The highest BCUT2D eigenvalue weighted by Gasteiger charge is 2.71. The van der Waals surface area contributed by atoms with E-state index in [0.717, 1.165) is 12.8 Å². The number of aliphatic hydroxyl groups is 1. The average Bonchev–Trinajstić information content (AvgIpc) is 3.24. The molecule has 0 amide bonds. The van der Waals surface area contributed by atoms with Gasteiger partial charge in [0.15, 0.2) is 0 Å². The molecular weight excluding hydrogens is 374 g/mol. The minimum absolute atomic E-state index is 0.0279. The van der Waals surface area contributed by atoms with E-state index in [1.165, 1.54) is 0 Å². The van der Waals surface area contributed by atoms with Gasteiger partial charge in [0.05, 0.1) is 6.61 Å². The van der Waals surface area contributed by atoms with Gasteiger partial charge in [-0.3, -0.25) is 0 Å². The molecule has 2 nitrogen and oxygen atoms in total. The van der Waals surface area contributed by atoms with E-state index in [4.69, 9.17) is 7.48 Å². The zero-order chi connectivity index (χ0) is 21.8. The van der Waals surface area contributed by atoms with Crippen LogP contribution in [0.3, 0.4) is 0 Å². The van der Waals surface area contributed by atoms with E-state index in [-0.39, 0.29) is 36.2 Å². The fourth-order valence-corrected chi connectivity index (χ4v) is 6.73. The zero-order valence-electron chi connectivity index (χ0n) is 17.2. The van der Waals surface area contributed by atoms with Crippen LogP contribution in [0.5, 0.6) is 0 Å². The largest absolute Gasteiger partial charge is 0.428 e. The Kier molecular flexibility index (Phi) is 3.86. The van der Waals surface area contributed by atoms with Gasteiger partial charge in [0.2, 0.25) is 0 Å². The van der Waals surface area contributed by atoms with E-state index in [1.54, 1.807) is 6.92 Å². The first kappa shape index (κ1) is 17.4. The van der Waals surface area contributed by atoms with Crippen molar-refractivity contribution in [2.45, 2.75) is 51.1 Å². The lowest BCUT2D eigenvalue weighted by atomic mass is 9.62. The van der Waals surface area contributed by atoms with Gasteiger partial charge >= 0.3 is 12.4 Å². The number of hydrogen-bond acceptors (Lipinski definition) is 2. The molecule has 0 radical (unpaired) electrons. The SMILES string of the molecule is [2H]C1(C)C2CC(C3C4CC(CC4COCC(O)(C(F)(F)F)C(F)(F)F)C32)C1([2H])C. The van der Waals surface area contributed by atoms with E-state index < -0.39 is 36.3 Å². The molecule has 4 saturated carbocycles. The minimum Gasteiger partial charge on any atom is -0.377 e. The molecule has 9 unspecified atom stereocenters. The van der Waals surface area contributed by atoms with Crippen LogP contribution in [-0.4, -0.2) is 36.3 Å². The molecule has 4 aliphatic rings. The topological polar surface area (TPSA) is 29.5 Å². The summed E-state index contributed by atoms with van der Waals surface area (Å²) in [6.45, 7) is 1.48. The van der Waals surface area contributed by atoms with Gasteiger partial charge < -0.3 is 9.84 Å². The Morgan fingerprint density at radius 3 is 2.00 bits per heavy atom. The first-order valence-electron chi connectivity index (χ1n) is 10.5. The van der Waals surface area contributed by atoms with Gasteiger partial charge in [0.1, 0.15) is 0 Å². The van der Waals surface area contributed by atoms with Crippen LogP contribution in [0.1, 0.15) is 35.9 Å². The monoisotopic (exact) mass is 402 g/mol.